The van der Waals surface area contributed by atoms with E-state index < -0.39 is 0 Å². The normalized spacial score (nSPS) is 28.1. The molecule has 1 atom stereocenters. The Kier molecular flexibility index (Phi) is 1.65. The lowest BCUT2D eigenvalue weighted by Crippen LogP contribution is -2.44. The number of thioether (sulfide) groups is 1. The highest BCUT2D eigenvalue weighted by atomic mass is 32.2. The number of methoxy groups -OCH3 is 1. The van der Waals surface area contributed by atoms with E-state index in [0.29, 0.717) is 18.4 Å². The van der Waals surface area contributed by atoms with Gasteiger partial charge >= 0.3 is 0 Å². The average Bonchev–Trinajstić information content (AvgIpc) is 2.29. The van der Waals surface area contributed by atoms with Crippen LogP contribution in [-0.4, -0.2) is 29.9 Å². The predicted octanol–water partition coefficient (Wildman–Crippen LogP) is 0.779. The van der Waals surface area contributed by atoms with Crippen LogP contribution in [-0.2, 0) is 9.53 Å². The van der Waals surface area contributed by atoms with E-state index in [1.165, 1.54) is 0 Å². The van der Waals surface area contributed by atoms with E-state index in [0.717, 1.165) is 4.91 Å². The number of hydrogen-bond donors (Lipinski definition) is 0. The van der Waals surface area contributed by atoms with Gasteiger partial charge in [0.2, 0.25) is 5.91 Å². The molecule has 1 fully saturated rings. The van der Waals surface area contributed by atoms with Crippen LogP contribution in [0.15, 0.2) is 11.1 Å². The molecule has 0 aromatic carbocycles. The Morgan fingerprint density at radius 1 is 1.91 bits per heavy atom. The van der Waals surface area contributed by atoms with Gasteiger partial charge in [-0.15, -0.1) is 11.8 Å². The van der Waals surface area contributed by atoms with Crippen LogP contribution in [0.5, 0.6) is 0 Å². The molecular weight excluding hydrogens is 162 g/mol. The Morgan fingerprint density at radius 2 is 2.73 bits per heavy atom. The molecule has 1 amide bonds. The van der Waals surface area contributed by atoms with E-state index in [9.17, 15) is 4.79 Å². The monoisotopic (exact) mass is 171 g/mol. The van der Waals surface area contributed by atoms with Gasteiger partial charge in [0, 0.05) is 18.2 Å². The van der Waals surface area contributed by atoms with Crippen LogP contribution in [0.1, 0.15) is 6.42 Å². The molecular formula is C7H9NO2S. The van der Waals surface area contributed by atoms with Gasteiger partial charge in [-0.1, -0.05) is 0 Å². The minimum absolute atomic E-state index is 0.230. The standard InChI is InChI=1S/C7H9NO2S/c1-10-4-5-3-8-6(9)2-7(8)11-5/h3,7H,2,4H2,1H3/t7-/m0/s1. The molecule has 0 aromatic heterocycles. The van der Waals surface area contributed by atoms with Gasteiger partial charge in [-0.3, -0.25) is 4.79 Å². The topological polar surface area (TPSA) is 29.5 Å². The lowest BCUT2D eigenvalue weighted by Gasteiger charge is -2.31. The first-order valence-electron chi connectivity index (χ1n) is 3.48. The first-order valence-corrected chi connectivity index (χ1v) is 4.36. The van der Waals surface area contributed by atoms with Crippen LogP contribution in [0, 0.1) is 0 Å². The lowest BCUT2D eigenvalue weighted by atomic mass is 10.2. The molecule has 11 heavy (non-hydrogen) atoms. The van der Waals surface area contributed by atoms with Crippen LogP contribution in [0.25, 0.3) is 0 Å². The van der Waals surface area contributed by atoms with Crippen molar-refractivity contribution in [3.63, 3.8) is 0 Å². The van der Waals surface area contributed by atoms with Crippen LogP contribution < -0.4 is 0 Å². The molecule has 60 valence electrons. The van der Waals surface area contributed by atoms with Crippen molar-refractivity contribution in [2.45, 2.75) is 11.8 Å². The number of ether oxygens (including phenoxy) is 1. The third-order valence-electron chi connectivity index (χ3n) is 1.80. The van der Waals surface area contributed by atoms with E-state index >= 15 is 0 Å². The first-order chi connectivity index (χ1) is 5.31. The Hall–Kier alpha value is -0.480. The zero-order valence-electron chi connectivity index (χ0n) is 6.24. The van der Waals surface area contributed by atoms with Gasteiger partial charge in [0.1, 0.15) is 0 Å². The zero-order chi connectivity index (χ0) is 7.84. The molecule has 0 N–H and O–H groups in total. The van der Waals surface area contributed by atoms with Crippen molar-refractivity contribution in [3.8, 4) is 0 Å². The Balaban J connectivity index is 2.00. The zero-order valence-corrected chi connectivity index (χ0v) is 7.06. The Bertz CT molecular complexity index is 226. The summed E-state index contributed by atoms with van der Waals surface area (Å²) in [6.45, 7) is 0.630. The minimum Gasteiger partial charge on any atom is -0.379 e. The molecule has 0 saturated carbocycles. The van der Waals surface area contributed by atoms with Gasteiger partial charge in [-0.25, -0.2) is 0 Å². The second-order valence-electron chi connectivity index (χ2n) is 2.61. The molecule has 0 aromatic rings. The number of amides is 1. The molecule has 4 heteroatoms. The number of nitrogens with zero attached hydrogens (tertiary/aromatic N) is 1. The molecule has 2 rings (SSSR count). The predicted molar refractivity (Wildman–Crippen MR) is 42.8 cm³/mol. The molecule has 0 aliphatic carbocycles. The second kappa shape index (κ2) is 2.53. The molecule has 2 aliphatic rings. The smallest absolute Gasteiger partial charge is 0.230 e. The van der Waals surface area contributed by atoms with Gasteiger partial charge in [0.15, 0.2) is 0 Å². The maximum absolute atomic E-state index is 10.9. The van der Waals surface area contributed by atoms with Gasteiger partial charge in [0.25, 0.3) is 0 Å². The van der Waals surface area contributed by atoms with Crippen LogP contribution in [0.4, 0.5) is 0 Å². The Labute approximate surface area is 69.4 Å². The number of carbonyl (C=O) groups is 1. The molecule has 2 heterocycles. The van der Waals surface area contributed by atoms with Crippen LogP contribution in [0.2, 0.25) is 0 Å². The maximum Gasteiger partial charge on any atom is 0.230 e. The number of β-lactam (4-membered cyclic amide) rings is 1. The Morgan fingerprint density at radius 3 is 3.27 bits per heavy atom. The molecule has 0 bridgehead atoms. The number of fused-ring (bicyclic) bond motifs is 1. The summed E-state index contributed by atoms with van der Waals surface area (Å²) in [6.07, 6.45) is 2.58. The van der Waals surface area contributed by atoms with E-state index in [1.807, 2.05) is 6.20 Å². The summed E-state index contributed by atoms with van der Waals surface area (Å²) in [7, 11) is 1.67. The summed E-state index contributed by atoms with van der Waals surface area (Å²) in [4.78, 5) is 13.8. The quantitative estimate of drug-likeness (QED) is 0.575. The molecule has 0 unspecified atom stereocenters. The van der Waals surface area contributed by atoms with Gasteiger partial charge < -0.3 is 9.64 Å². The summed E-state index contributed by atoms with van der Waals surface area (Å²) in [5.41, 5.74) is 0. The fraction of sp³-hybridized carbons (Fsp3) is 0.571. The summed E-state index contributed by atoms with van der Waals surface area (Å²) >= 11 is 1.73. The minimum atomic E-state index is 0.230. The van der Waals surface area contributed by atoms with Crippen molar-refractivity contribution in [1.29, 1.82) is 0 Å². The highest BCUT2D eigenvalue weighted by Crippen LogP contribution is 2.41. The summed E-state index contributed by atoms with van der Waals surface area (Å²) in [5, 5.41) is 0.382. The maximum atomic E-state index is 10.9. The number of rotatable bonds is 2. The molecule has 0 spiro atoms. The molecule has 3 nitrogen and oxygen atoms in total. The summed E-state index contributed by atoms with van der Waals surface area (Å²) < 4.78 is 4.96. The van der Waals surface area contributed by atoms with Crippen molar-refractivity contribution < 1.29 is 9.53 Å². The van der Waals surface area contributed by atoms with Crippen molar-refractivity contribution in [2.24, 2.45) is 0 Å². The average molecular weight is 171 g/mol. The largest absolute Gasteiger partial charge is 0.379 e. The number of carbonyl (C=O) groups excluding carboxylic acids is 1. The van der Waals surface area contributed by atoms with Gasteiger partial charge in [0.05, 0.1) is 18.4 Å². The molecule has 1 saturated heterocycles. The highest BCUT2D eigenvalue weighted by molar-refractivity contribution is 8.04. The first kappa shape index (κ1) is 7.18. The fourth-order valence-corrected chi connectivity index (χ4v) is 2.46. The SMILES string of the molecule is COCC1=CN2C(=O)C[C@@H]2S1. The van der Waals surface area contributed by atoms with E-state index in [-0.39, 0.29) is 5.91 Å². The van der Waals surface area contributed by atoms with E-state index in [4.69, 9.17) is 4.74 Å². The fourth-order valence-electron chi connectivity index (χ4n) is 1.23. The van der Waals surface area contributed by atoms with Crippen LogP contribution >= 0.6 is 11.8 Å². The van der Waals surface area contributed by atoms with Crippen molar-refractivity contribution in [2.75, 3.05) is 13.7 Å². The number of hydrogen-bond acceptors (Lipinski definition) is 3. The van der Waals surface area contributed by atoms with Crippen LogP contribution in [0.3, 0.4) is 0 Å². The van der Waals surface area contributed by atoms with Gasteiger partial charge in [-0.05, 0) is 0 Å². The van der Waals surface area contributed by atoms with E-state index in [2.05, 4.69) is 0 Å². The summed E-state index contributed by atoms with van der Waals surface area (Å²) in [6, 6.07) is 0. The lowest BCUT2D eigenvalue weighted by molar-refractivity contribution is -0.137. The summed E-state index contributed by atoms with van der Waals surface area (Å²) in [5.74, 6) is 0.230. The van der Waals surface area contributed by atoms with Crippen molar-refractivity contribution in [3.05, 3.63) is 11.1 Å². The molecule has 2 aliphatic heterocycles. The highest BCUT2D eigenvalue weighted by Gasteiger charge is 2.40. The molecule has 0 radical (unpaired) electrons. The van der Waals surface area contributed by atoms with Gasteiger partial charge in [-0.2, -0.15) is 0 Å². The van der Waals surface area contributed by atoms with E-state index in [1.54, 1.807) is 23.8 Å². The van der Waals surface area contributed by atoms with Crippen molar-refractivity contribution in [1.82, 2.24) is 4.90 Å². The second-order valence-corrected chi connectivity index (χ2v) is 3.91. The third kappa shape index (κ3) is 1.06. The third-order valence-corrected chi connectivity index (χ3v) is 3.00. The van der Waals surface area contributed by atoms with Crippen molar-refractivity contribution >= 4 is 17.7 Å².